The van der Waals surface area contributed by atoms with Gasteiger partial charge in [0.25, 0.3) is 0 Å². The highest BCUT2D eigenvalue weighted by Gasteiger charge is 2.87. The number of carbonyl (C=O) groups excluding carboxylic acids is 1. The molecule has 1 aliphatic rings. The van der Waals surface area contributed by atoms with Gasteiger partial charge in [0.05, 0.1) is 12.6 Å². The number of thiocarbonyl (C=S) groups is 1. The summed E-state index contributed by atoms with van der Waals surface area (Å²) in [6.07, 6.45) is -7.12. The lowest BCUT2D eigenvalue weighted by molar-refractivity contribution is -0.422. The van der Waals surface area contributed by atoms with Gasteiger partial charge >= 0.3 is 29.9 Å². The van der Waals surface area contributed by atoms with Crippen LogP contribution in [0.3, 0.4) is 0 Å². The molecule has 0 bridgehead atoms. The van der Waals surface area contributed by atoms with Crippen molar-refractivity contribution in [3.63, 3.8) is 0 Å². The molecule has 15 heteroatoms. The second-order valence-corrected chi connectivity index (χ2v) is 7.11. The van der Waals surface area contributed by atoms with E-state index < -0.39 is 59.3 Å². The first-order valence-corrected chi connectivity index (χ1v) is 9.09. The zero-order chi connectivity index (χ0) is 24.8. The molecule has 3 N–H and O–H groups in total. The van der Waals surface area contributed by atoms with E-state index >= 15 is 0 Å². The van der Waals surface area contributed by atoms with E-state index in [9.17, 15) is 49.4 Å². The molecular formula is C17H15F9N2O3S. The van der Waals surface area contributed by atoms with E-state index in [-0.39, 0.29) is 5.56 Å². The number of alkyl halides is 9. The fourth-order valence-corrected chi connectivity index (χ4v) is 3.40. The summed E-state index contributed by atoms with van der Waals surface area (Å²) in [7, 11) is 0. The number of aliphatic hydroxyl groups is 1. The predicted molar refractivity (Wildman–Crippen MR) is 94.0 cm³/mol. The Balaban J connectivity index is 2.75. The third kappa shape index (κ3) is 3.84. The number of halogens is 9. The van der Waals surface area contributed by atoms with Gasteiger partial charge < -0.3 is 20.5 Å². The molecule has 1 fully saturated rings. The summed E-state index contributed by atoms with van der Waals surface area (Å²) in [4.78, 5) is 12.4. The number of benzene rings is 1. The molecule has 180 valence electrons. The minimum Gasteiger partial charge on any atom is -0.466 e. The van der Waals surface area contributed by atoms with E-state index in [4.69, 9.17) is 0 Å². The van der Waals surface area contributed by atoms with Gasteiger partial charge in [-0.25, -0.2) is 0 Å². The maximum absolute atomic E-state index is 14.9. The molecular weight excluding hydrogens is 483 g/mol. The Morgan fingerprint density at radius 3 is 2.06 bits per heavy atom. The third-order valence-corrected chi connectivity index (χ3v) is 4.92. The van der Waals surface area contributed by atoms with E-state index in [2.05, 4.69) is 22.3 Å². The number of esters is 1. The van der Waals surface area contributed by atoms with Crippen LogP contribution in [-0.2, 0) is 9.53 Å². The van der Waals surface area contributed by atoms with Gasteiger partial charge in [0, 0.05) is 0 Å². The van der Waals surface area contributed by atoms with Crippen LogP contribution in [0.2, 0.25) is 0 Å². The molecule has 1 aromatic carbocycles. The first-order valence-electron chi connectivity index (χ1n) is 8.68. The Bertz CT molecular complexity index is 867. The molecule has 3 atom stereocenters. The molecule has 0 amide bonds. The van der Waals surface area contributed by atoms with Crippen molar-refractivity contribution in [1.29, 1.82) is 0 Å². The van der Waals surface area contributed by atoms with Crippen molar-refractivity contribution in [3.8, 4) is 0 Å². The van der Waals surface area contributed by atoms with Crippen LogP contribution in [-0.4, -0.2) is 52.5 Å². The van der Waals surface area contributed by atoms with E-state index in [0.29, 0.717) is 0 Å². The summed E-state index contributed by atoms with van der Waals surface area (Å²) in [5.74, 6) is -25.8. The van der Waals surface area contributed by atoms with Gasteiger partial charge in [-0.2, -0.15) is 39.5 Å². The van der Waals surface area contributed by atoms with Gasteiger partial charge in [-0.1, -0.05) is 30.3 Å². The average Bonchev–Trinajstić information content (AvgIpc) is 2.66. The molecule has 32 heavy (non-hydrogen) atoms. The molecule has 1 aromatic rings. The summed E-state index contributed by atoms with van der Waals surface area (Å²) < 4.78 is 127. The Morgan fingerprint density at radius 1 is 1.06 bits per heavy atom. The van der Waals surface area contributed by atoms with Gasteiger partial charge in [-0.15, -0.1) is 0 Å². The Hall–Kier alpha value is -2.29. The van der Waals surface area contributed by atoms with E-state index in [1.165, 1.54) is 42.6 Å². The Morgan fingerprint density at radius 2 is 1.59 bits per heavy atom. The van der Waals surface area contributed by atoms with Crippen molar-refractivity contribution < 1.29 is 54.2 Å². The van der Waals surface area contributed by atoms with Crippen molar-refractivity contribution in [1.82, 2.24) is 10.6 Å². The van der Waals surface area contributed by atoms with Crippen LogP contribution in [0.5, 0.6) is 0 Å². The molecule has 5 nitrogen and oxygen atoms in total. The molecule has 0 aliphatic carbocycles. The van der Waals surface area contributed by atoms with E-state index in [1.807, 2.05) is 0 Å². The minimum atomic E-state index is -7.30. The second-order valence-electron chi connectivity index (χ2n) is 6.70. The first-order chi connectivity index (χ1) is 14.5. The second kappa shape index (κ2) is 8.24. The van der Waals surface area contributed by atoms with Gasteiger partial charge in [-0.05, 0) is 24.7 Å². The number of hydrogen-bond acceptors (Lipinski definition) is 4. The molecule has 1 saturated heterocycles. The summed E-state index contributed by atoms with van der Waals surface area (Å²) in [5, 5.41) is 13.0. The number of nitrogens with one attached hydrogen (secondary N) is 2. The molecule has 0 saturated carbocycles. The third-order valence-electron chi connectivity index (χ3n) is 4.70. The van der Waals surface area contributed by atoms with Crippen molar-refractivity contribution >= 4 is 23.3 Å². The maximum Gasteiger partial charge on any atom is 0.460 e. The Kier molecular flexibility index (Phi) is 6.69. The highest BCUT2D eigenvalue weighted by molar-refractivity contribution is 7.80. The fraction of sp³-hybridized carbons (Fsp3) is 0.529. The van der Waals surface area contributed by atoms with Crippen LogP contribution < -0.4 is 10.6 Å². The molecule has 0 unspecified atom stereocenters. The van der Waals surface area contributed by atoms with E-state index in [1.54, 1.807) is 0 Å². The average molecular weight is 498 g/mol. The van der Waals surface area contributed by atoms with Crippen LogP contribution >= 0.6 is 12.2 Å². The topological polar surface area (TPSA) is 70.6 Å². The van der Waals surface area contributed by atoms with Gasteiger partial charge in [0.1, 0.15) is 5.92 Å². The highest BCUT2D eigenvalue weighted by atomic mass is 32.1. The molecule has 1 heterocycles. The van der Waals surface area contributed by atoms with Crippen molar-refractivity contribution in [2.75, 3.05) is 6.61 Å². The number of rotatable bonds is 6. The predicted octanol–water partition coefficient (Wildman–Crippen LogP) is 3.54. The van der Waals surface area contributed by atoms with Gasteiger partial charge in [0.15, 0.2) is 5.11 Å². The lowest BCUT2D eigenvalue weighted by Gasteiger charge is -2.50. The first kappa shape index (κ1) is 26.0. The van der Waals surface area contributed by atoms with Crippen LogP contribution in [0.4, 0.5) is 39.5 Å². The molecule has 2 rings (SSSR count). The largest absolute Gasteiger partial charge is 0.466 e. The Labute approximate surface area is 179 Å². The summed E-state index contributed by atoms with van der Waals surface area (Å²) in [6.45, 7) is 0.644. The SMILES string of the molecule is CCOC(=O)[C@H]1[C@H](c2ccccc2)NC(=S)N[C@]1(O)C(F)(F)C(F)(F)C(F)(F)C(F)(F)F. The highest BCUT2D eigenvalue weighted by Crippen LogP contribution is 2.58. The van der Waals surface area contributed by atoms with Crippen LogP contribution in [0.25, 0.3) is 0 Å². The lowest BCUT2D eigenvalue weighted by Crippen LogP contribution is -2.80. The molecule has 0 spiro atoms. The van der Waals surface area contributed by atoms with Crippen molar-refractivity contribution in [3.05, 3.63) is 35.9 Å². The lowest BCUT2D eigenvalue weighted by atomic mass is 9.76. The summed E-state index contributed by atoms with van der Waals surface area (Å²) >= 11 is 4.57. The number of carbonyl (C=O) groups is 1. The normalized spacial score (nSPS) is 25.0. The van der Waals surface area contributed by atoms with E-state index in [0.717, 1.165) is 0 Å². The molecule has 1 aliphatic heterocycles. The standard InChI is InChI=1S/C17H15F9N2O3S/c1-2-31-11(29)9-10(8-6-4-3-5-7-8)27-12(32)28-13(9,30)14(18,19)15(20,21)16(22,23)17(24,25)26/h3-7,9-10,30H,2H2,1H3,(H2,27,28,32)/t9-,10+,13-/m1/s1. The van der Waals surface area contributed by atoms with Crippen LogP contribution in [0, 0.1) is 5.92 Å². The number of hydrogen-bond donors (Lipinski definition) is 3. The monoisotopic (exact) mass is 498 g/mol. The summed E-state index contributed by atoms with van der Waals surface area (Å²) in [6, 6.07) is 4.55. The van der Waals surface area contributed by atoms with Crippen molar-refractivity contribution in [2.45, 2.75) is 42.6 Å². The minimum absolute atomic E-state index is 0.116. The van der Waals surface area contributed by atoms with Gasteiger partial charge in [0.2, 0.25) is 5.72 Å². The smallest absolute Gasteiger partial charge is 0.460 e. The fourth-order valence-electron chi connectivity index (χ4n) is 3.12. The maximum atomic E-state index is 14.9. The van der Waals surface area contributed by atoms with Gasteiger partial charge in [-0.3, -0.25) is 4.79 Å². The number of ether oxygens (including phenoxy) is 1. The van der Waals surface area contributed by atoms with Crippen LogP contribution in [0.1, 0.15) is 18.5 Å². The molecule has 0 radical (unpaired) electrons. The zero-order valence-electron chi connectivity index (χ0n) is 15.8. The summed E-state index contributed by atoms with van der Waals surface area (Å²) in [5.41, 5.74) is -4.84. The van der Waals surface area contributed by atoms with Crippen molar-refractivity contribution in [2.24, 2.45) is 5.92 Å². The zero-order valence-corrected chi connectivity index (χ0v) is 16.6. The van der Waals surface area contributed by atoms with Crippen LogP contribution in [0.15, 0.2) is 30.3 Å². The molecule has 0 aromatic heterocycles. The quantitative estimate of drug-likeness (QED) is 0.317.